The summed E-state index contributed by atoms with van der Waals surface area (Å²) in [6.07, 6.45) is 0.857. The minimum Gasteiger partial charge on any atom is -0.368 e. The predicted molar refractivity (Wildman–Crippen MR) is 84.0 cm³/mol. The Morgan fingerprint density at radius 3 is 2.55 bits per heavy atom. The highest BCUT2D eigenvalue weighted by Gasteiger charge is 2.19. The van der Waals surface area contributed by atoms with Gasteiger partial charge >= 0.3 is 0 Å². The zero-order valence-electron chi connectivity index (χ0n) is 12.2. The molecule has 0 bridgehead atoms. The molecule has 1 fully saturated rings. The zero-order chi connectivity index (χ0) is 14.5. The average Bonchev–Trinajstić information content (AvgIpc) is 2.45. The third-order valence-electron chi connectivity index (χ3n) is 3.72. The molecule has 1 aromatic carbocycles. The highest BCUT2D eigenvalue weighted by Crippen LogP contribution is 2.26. The minimum absolute atomic E-state index is 0.535. The van der Waals surface area contributed by atoms with Crippen molar-refractivity contribution in [2.75, 3.05) is 58.3 Å². The van der Waals surface area contributed by atoms with Gasteiger partial charge in [0.15, 0.2) is 6.29 Å². The fourth-order valence-electron chi connectivity index (χ4n) is 2.47. The molecule has 0 aromatic heterocycles. The third-order valence-corrected chi connectivity index (χ3v) is 4.05. The molecule has 5 heteroatoms. The van der Waals surface area contributed by atoms with E-state index in [1.807, 2.05) is 12.1 Å². The van der Waals surface area contributed by atoms with Crippen LogP contribution in [0.3, 0.4) is 0 Å². The average molecular weight is 296 g/mol. The molecule has 0 amide bonds. The van der Waals surface area contributed by atoms with Gasteiger partial charge in [0.25, 0.3) is 0 Å². The number of hydrogen-bond acceptors (Lipinski definition) is 4. The number of benzene rings is 1. The molecule has 0 atom stereocenters. The minimum atomic E-state index is 0.535. The number of nitrogens with zero attached hydrogens (tertiary/aromatic N) is 3. The molecule has 4 nitrogen and oxygen atoms in total. The number of carbonyl (C=O) groups excluding carboxylic acids is 1. The Morgan fingerprint density at radius 2 is 1.95 bits per heavy atom. The second kappa shape index (κ2) is 7.07. The van der Waals surface area contributed by atoms with E-state index in [0.717, 1.165) is 51.2 Å². The van der Waals surface area contributed by atoms with E-state index in [1.54, 1.807) is 6.07 Å². The van der Waals surface area contributed by atoms with Gasteiger partial charge in [0.05, 0.1) is 10.6 Å². The number of aldehydes is 1. The standard InChI is InChI=1S/C15H22ClN3O/c1-17(2)6-7-18-8-10-19(11-9-18)15-5-3-4-14(16)13(15)12-20/h3-5,12H,6-11H2,1-2H3. The zero-order valence-corrected chi connectivity index (χ0v) is 12.9. The first-order valence-corrected chi connectivity index (χ1v) is 7.35. The molecular formula is C15H22ClN3O. The molecule has 2 rings (SSSR count). The molecule has 0 spiro atoms. The number of piperazine rings is 1. The summed E-state index contributed by atoms with van der Waals surface area (Å²) in [5.41, 5.74) is 1.57. The lowest BCUT2D eigenvalue weighted by atomic mass is 10.1. The quantitative estimate of drug-likeness (QED) is 0.775. The Bertz CT molecular complexity index is 456. The van der Waals surface area contributed by atoms with Crippen LogP contribution in [0.1, 0.15) is 10.4 Å². The monoisotopic (exact) mass is 295 g/mol. The molecule has 1 aromatic rings. The van der Waals surface area contributed by atoms with E-state index in [2.05, 4.69) is 28.8 Å². The molecule has 110 valence electrons. The lowest BCUT2D eigenvalue weighted by Gasteiger charge is -2.37. The Labute approximate surface area is 125 Å². The van der Waals surface area contributed by atoms with Gasteiger partial charge in [-0.1, -0.05) is 17.7 Å². The highest BCUT2D eigenvalue weighted by atomic mass is 35.5. The summed E-state index contributed by atoms with van der Waals surface area (Å²) in [6.45, 7) is 6.11. The summed E-state index contributed by atoms with van der Waals surface area (Å²) in [7, 11) is 4.19. The van der Waals surface area contributed by atoms with Crippen LogP contribution in [0.15, 0.2) is 18.2 Å². The smallest absolute Gasteiger partial charge is 0.153 e. The van der Waals surface area contributed by atoms with Crippen molar-refractivity contribution in [3.63, 3.8) is 0 Å². The summed E-state index contributed by atoms with van der Waals surface area (Å²) in [6, 6.07) is 5.65. The molecule has 1 aliphatic heterocycles. The number of anilines is 1. The van der Waals surface area contributed by atoms with E-state index in [4.69, 9.17) is 11.6 Å². The van der Waals surface area contributed by atoms with E-state index in [1.165, 1.54) is 0 Å². The van der Waals surface area contributed by atoms with Crippen LogP contribution in [-0.4, -0.2) is 69.4 Å². The van der Waals surface area contributed by atoms with Crippen molar-refractivity contribution < 1.29 is 4.79 Å². The van der Waals surface area contributed by atoms with E-state index < -0.39 is 0 Å². The normalized spacial score (nSPS) is 16.7. The van der Waals surface area contributed by atoms with Gasteiger partial charge in [-0.15, -0.1) is 0 Å². The lowest BCUT2D eigenvalue weighted by molar-refractivity contribution is 0.112. The second-order valence-electron chi connectivity index (χ2n) is 5.42. The SMILES string of the molecule is CN(C)CCN1CCN(c2cccc(Cl)c2C=O)CC1. The van der Waals surface area contributed by atoms with Crippen molar-refractivity contribution >= 4 is 23.6 Å². The number of rotatable bonds is 5. The molecular weight excluding hydrogens is 274 g/mol. The number of likely N-dealkylation sites (N-methyl/N-ethyl adjacent to an activating group) is 1. The fraction of sp³-hybridized carbons (Fsp3) is 0.533. The molecule has 0 saturated carbocycles. The van der Waals surface area contributed by atoms with Gasteiger partial charge in [-0.2, -0.15) is 0 Å². The van der Waals surface area contributed by atoms with Crippen molar-refractivity contribution in [2.24, 2.45) is 0 Å². The van der Waals surface area contributed by atoms with Crippen LogP contribution in [0.4, 0.5) is 5.69 Å². The Balaban J connectivity index is 1.97. The van der Waals surface area contributed by atoms with Gasteiger partial charge in [0.2, 0.25) is 0 Å². The summed E-state index contributed by atoms with van der Waals surface area (Å²) >= 11 is 6.09. The van der Waals surface area contributed by atoms with Crippen molar-refractivity contribution in [1.82, 2.24) is 9.80 Å². The van der Waals surface area contributed by atoms with E-state index in [-0.39, 0.29) is 0 Å². The van der Waals surface area contributed by atoms with Gasteiger partial charge < -0.3 is 9.80 Å². The summed E-state index contributed by atoms with van der Waals surface area (Å²) in [5.74, 6) is 0. The van der Waals surface area contributed by atoms with Crippen LogP contribution < -0.4 is 4.90 Å². The van der Waals surface area contributed by atoms with Crippen LogP contribution >= 0.6 is 11.6 Å². The first-order chi connectivity index (χ1) is 9.61. The van der Waals surface area contributed by atoms with E-state index >= 15 is 0 Å². The number of halogens is 1. The van der Waals surface area contributed by atoms with E-state index in [9.17, 15) is 4.79 Å². The van der Waals surface area contributed by atoms with Crippen molar-refractivity contribution in [3.05, 3.63) is 28.8 Å². The molecule has 0 aliphatic carbocycles. The maximum Gasteiger partial charge on any atom is 0.153 e. The fourth-order valence-corrected chi connectivity index (χ4v) is 2.69. The molecule has 0 unspecified atom stereocenters. The van der Waals surface area contributed by atoms with Crippen molar-refractivity contribution in [2.45, 2.75) is 0 Å². The first kappa shape index (κ1) is 15.3. The van der Waals surface area contributed by atoms with Crippen LogP contribution in [0.5, 0.6) is 0 Å². The topological polar surface area (TPSA) is 26.8 Å². The van der Waals surface area contributed by atoms with Crippen LogP contribution in [-0.2, 0) is 0 Å². The lowest BCUT2D eigenvalue weighted by Crippen LogP contribution is -2.48. The molecule has 1 heterocycles. The second-order valence-corrected chi connectivity index (χ2v) is 5.83. The third kappa shape index (κ3) is 3.72. The van der Waals surface area contributed by atoms with E-state index in [0.29, 0.717) is 10.6 Å². The van der Waals surface area contributed by atoms with Crippen LogP contribution in [0, 0.1) is 0 Å². The maximum atomic E-state index is 11.2. The molecule has 0 radical (unpaired) electrons. The van der Waals surface area contributed by atoms with Gasteiger partial charge in [0, 0.05) is 45.0 Å². The Morgan fingerprint density at radius 1 is 1.25 bits per heavy atom. The Hall–Kier alpha value is -1.10. The predicted octanol–water partition coefficient (Wildman–Crippen LogP) is 1.84. The van der Waals surface area contributed by atoms with Crippen molar-refractivity contribution in [1.29, 1.82) is 0 Å². The van der Waals surface area contributed by atoms with Gasteiger partial charge in [-0.25, -0.2) is 0 Å². The number of hydrogen-bond donors (Lipinski definition) is 0. The van der Waals surface area contributed by atoms with Crippen LogP contribution in [0.2, 0.25) is 5.02 Å². The molecule has 20 heavy (non-hydrogen) atoms. The Kier molecular flexibility index (Phi) is 5.40. The molecule has 1 saturated heterocycles. The largest absolute Gasteiger partial charge is 0.368 e. The number of carbonyl (C=O) groups is 1. The van der Waals surface area contributed by atoms with Gasteiger partial charge in [0.1, 0.15) is 0 Å². The summed E-state index contributed by atoms with van der Waals surface area (Å²) < 4.78 is 0. The van der Waals surface area contributed by atoms with Gasteiger partial charge in [-0.3, -0.25) is 9.69 Å². The van der Waals surface area contributed by atoms with Crippen molar-refractivity contribution in [3.8, 4) is 0 Å². The maximum absolute atomic E-state index is 11.2. The van der Waals surface area contributed by atoms with Gasteiger partial charge in [-0.05, 0) is 26.2 Å². The van der Waals surface area contributed by atoms with Crippen LogP contribution in [0.25, 0.3) is 0 Å². The summed E-state index contributed by atoms with van der Waals surface area (Å²) in [5, 5.41) is 0.535. The summed E-state index contributed by atoms with van der Waals surface area (Å²) in [4.78, 5) is 18.1. The molecule has 0 N–H and O–H groups in total. The first-order valence-electron chi connectivity index (χ1n) is 6.97. The molecule has 1 aliphatic rings. The highest BCUT2D eigenvalue weighted by molar-refractivity contribution is 6.33.